The van der Waals surface area contributed by atoms with Crippen molar-refractivity contribution in [2.45, 2.75) is 25.5 Å². The van der Waals surface area contributed by atoms with Crippen LogP contribution < -0.4 is 5.32 Å². The molecule has 1 rings (SSSR count). The van der Waals surface area contributed by atoms with E-state index in [-0.39, 0.29) is 11.9 Å². The molecular weight excluding hydrogens is 221 g/mol. The van der Waals surface area contributed by atoms with Gasteiger partial charge in [0.1, 0.15) is 5.82 Å². The van der Waals surface area contributed by atoms with E-state index >= 15 is 0 Å². The highest BCUT2D eigenvalue weighted by Gasteiger charge is 2.07. The summed E-state index contributed by atoms with van der Waals surface area (Å²) in [5.41, 5.74) is 0.909. The largest absolute Gasteiger partial charge is 0.391 e. The van der Waals surface area contributed by atoms with E-state index in [0.717, 1.165) is 5.56 Å². The van der Waals surface area contributed by atoms with Gasteiger partial charge in [0.25, 0.3) is 0 Å². The highest BCUT2D eigenvalue weighted by molar-refractivity contribution is 5.19. The summed E-state index contributed by atoms with van der Waals surface area (Å²) in [6.07, 6.45) is 0.167. The van der Waals surface area contributed by atoms with E-state index < -0.39 is 6.10 Å². The molecule has 96 valence electrons. The maximum absolute atomic E-state index is 13.0. The van der Waals surface area contributed by atoms with Gasteiger partial charge in [-0.25, -0.2) is 4.39 Å². The average molecular weight is 241 g/mol. The van der Waals surface area contributed by atoms with Gasteiger partial charge in [-0.15, -0.1) is 0 Å². The Hall–Kier alpha value is -0.970. The molecule has 0 aliphatic carbocycles. The predicted octanol–water partition coefficient (Wildman–Crippen LogP) is 1.87. The van der Waals surface area contributed by atoms with Crippen molar-refractivity contribution >= 4 is 0 Å². The number of nitrogens with one attached hydrogen (secondary N) is 1. The molecule has 2 atom stereocenters. The molecule has 0 bridgehead atoms. The molecule has 17 heavy (non-hydrogen) atoms. The van der Waals surface area contributed by atoms with Gasteiger partial charge in [-0.3, -0.25) is 0 Å². The SMILES string of the molecule is COCC(O)CCNC(C)c1cccc(F)c1. The Bertz CT molecular complexity index is 333. The maximum atomic E-state index is 13.0. The molecule has 0 amide bonds. The summed E-state index contributed by atoms with van der Waals surface area (Å²) in [5, 5.41) is 12.7. The van der Waals surface area contributed by atoms with Crippen LogP contribution >= 0.6 is 0 Å². The van der Waals surface area contributed by atoms with Crippen LogP contribution in [0.4, 0.5) is 4.39 Å². The molecule has 0 heterocycles. The number of ether oxygens (including phenoxy) is 1. The second-order valence-corrected chi connectivity index (χ2v) is 4.13. The van der Waals surface area contributed by atoms with Gasteiger partial charge in [0.05, 0.1) is 12.7 Å². The quantitative estimate of drug-likeness (QED) is 0.765. The Morgan fingerprint density at radius 2 is 2.24 bits per heavy atom. The molecule has 2 unspecified atom stereocenters. The second-order valence-electron chi connectivity index (χ2n) is 4.13. The maximum Gasteiger partial charge on any atom is 0.123 e. The Morgan fingerprint density at radius 3 is 2.88 bits per heavy atom. The van der Waals surface area contributed by atoms with Gasteiger partial charge < -0.3 is 15.2 Å². The number of hydrogen-bond donors (Lipinski definition) is 2. The van der Waals surface area contributed by atoms with Crippen molar-refractivity contribution < 1.29 is 14.2 Å². The summed E-state index contributed by atoms with van der Waals surface area (Å²) in [7, 11) is 1.56. The zero-order valence-corrected chi connectivity index (χ0v) is 10.3. The van der Waals surface area contributed by atoms with Crippen molar-refractivity contribution in [3.05, 3.63) is 35.6 Å². The van der Waals surface area contributed by atoms with Gasteiger partial charge >= 0.3 is 0 Å². The van der Waals surface area contributed by atoms with E-state index in [1.54, 1.807) is 13.2 Å². The van der Waals surface area contributed by atoms with Crippen LogP contribution in [-0.4, -0.2) is 31.5 Å². The van der Waals surface area contributed by atoms with Crippen LogP contribution in [0.25, 0.3) is 0 Å². The van der Waals surface area contributed by atoms with Crippen molar-refractivity contribution in [2.75, 3.05) is 20.3 Å². The first-order chi connectivity index (χ1) is 8.13. The van der Waals surface area contributed by atoms with E-state index in [0.29, 0.717) is 19.6 Å². The van der Waals surface area contributed by atoms with Gasteiger partial charge in [0.2, 0.25) is 0 Å². The fourth-order valence-corrected chi connectivity index (χ4v) is 1.64. The molecule has 3 nitrogen and oxygen atoms in total. The first-order valence-corrected chi connectivity index (χ1v) is 5.79. The van der Waals surface area contributed by atoms with Gasteiger partial charge in [-0.05, 0) is 37.6 Å². The number of halogens is 1. The number of aliphatic hydroxyl groups is 1. The van der Waals surface area contributed by atoms with Gasteiger partial charge in [-0.2, -0.15) is 0 Å². The van der Waals surface area contributed by atoms with Crippen LogP contribution in [0.3, 0.4) is 0 Å². The highest BCUT2D eigenvalue weighted by atomic mass is 19.1. The molecule has 0 radical (unpaired) electrons. The molecule has 0 saturated heterocycles. The van der Waals surface area contributed by atoms with E-state index in [4.69, 9.17) is 4.74 Å². The lowest BCUT2D eigenvalue weighted by molar-refractivity contribution is 0.0590. The molecular formula is C13H20FNO2. The van der Waals surface area contributed by atoms with Gasteiger partial charge in [0.15, 0.2) is 0 Å². The predicted molar refractivity (Wildman–Crippen MR) is 65.3 cm³/mol. The summed E-state index contributed by atoms with van der Waals surface area (Å²) in [5.74, 6) is -0.226. The van der Waals surface area contributed by atoms with Crippen molar-refractivity contribution in [1.29, 1.82) is 0 Å². The summed E-state index contributed by atoms with van der Waals surface area (Å²) in [4.78, 5) is 0. The van der Waals surface area contributed by atoms with Crippen molar-refractivity contribution in [1.82, 2.24) is 5.32 Å². The van der Waals surface area contributed by atoms with E-state index in [2.05, 4.69) is 5.32 Å². The fraction of sp³-hybridized carbons (Fsp3) is 0.538. The second kappa shape index (κ2) is 7.37. The standard InChI is InChI=1S/C13H20FNO2/c1-10(11-4-3-5-12(14)8-11)15-7-6-13(16)9-17-2/h3-5,8,10,13,15-16H,6-7,9H2,1-2H3. The minimum atomic E-state index is -0.452. The van der Waals surface area contributed by atoms with Crippen LogP contribution in [0.5, 0.6) is 0 Å². The molecule has 0 saturated carbocycles. The summed E-state index contributed by atoms with van der Waals surface area (Å²) < 4.78 is 17.8. The normalized spacial score (nSPS) is 14.6. The summed E-state index contributed by atoms with van der Waals surface area (Å²) >= 11 is 0. The first kappa shape index (κ1) is 14.1. The summed E-state index contributed by atoms with van der Waals surface area (Å²) in [6, 6.07) is 6.59. The molecule has 0 aromatic heterocycles. The Balaban J connectivity index is 2.32. The smallest absolute Gasteiger partial charge is 0.123 e. The third-order valence-electron chi connectivity index (χ3n) is 2.64. The average Bonchev–Trinajstić information content (AvgIpc) is 2.29. The molecule has 1 aromatic rings. The number of aliphatic hydroxyl groups excluding tert-OH is 1. The van der Waals surface area contributed by atoms with Crippen molar-refractivity contribution in [3.8, 4) is 0 Å². The van der Waals surface area contributed by atoms with Gasteiger partial charge in [0, 0.05) is 13.2 Å². The zero-order valence-electron chi connectivity index (χ0n) is 10.3. The van der Waals surface area contributed by atoms with E-state index in [1.165, 1.54) is 12.1 Å². The summed E-state index contributed by atoms with van der Waals surface area (Å²) in [6.45, 7) is 2.98. The van der Waals surface area contributed by atoms with Crippen LogP contribution in [0.15, 0.2) is 24.3 Å². The third-order valence-corrected chi connectivity index (χ3v) is 2.64. The van der Waals surface area contributed by atoms with Crippen LogP contribution in [0.1, 0.15) is 24.9 Å². The number of rotatable bonds is 7. The lowest BCUT2D eigenvalue weighted by Gasteiger charge is -2.16. The molecule has 0 aliphatic heterocycles. The zero-order chi connectivity index (χ0) is 12.7. The van der Waals surface area contributed by atoms with E-state index in [9.17, 15) is 9.50 Å². The number of methoxy groups -OCH3 is 1. The topological polar surface area (TPSA) is 41.5 Å². The Kier molecular flexibility index (Phi) is 6.11. The minimum absolute atomic E-state index is 0.0699. The monoisotopic (exact) mass is 241 g/mol. The lowest BCUT2D eigenvalue weighted by Crippen LogP contribution is -2.25. The van der Waals surface area contributed by atoms with Crippen molar-refractivity contribution in [2.24, 2.45) is 0 Å². The Labute approximate surface area is 102 Å². The van der Waals surface area contributed by atoms with Crippen LogP contribution in [-0.2, 0) is 4.74 Å². The molecule has 1 aromatic carbocycles. The number of hydrogen-bond acceptors (Lipinski definition) is 3. The number of benzene rings is 1. The molecule has 0 aliphatic rings. The van der Waals surface area contributed by atoms with Gasteiger partial charge in [-0.1, -0.05) is 12.1 Å². The molecule has 4 heteroatoms. The lowest BCUT2D eigenvalue weighted by atomic mass is 10.1. The van der Waals surface area contributed by atoms with Crippen LogP contribution in [0.2, 0.25) is 0 Å². The minimum Gasteiger partial charge on any atom is -0.391 e. The fourth-order valence-electron chi connectivity index (χ4n) is 1.64. The van der Waals surface area contributed by atoms with Crippen LogP contribution in [0, 0.1) is 5.82 Å². The third kappa shape index (κ3) is 5.26. The Morgan fingerprint density at radius 1 is 1.47 bits per heavy atom. The molecule has 0 spiro atoms. The molecule has 0 fully saturated rings. The first-order valence-electron chi connectivity index (χ1n) is 5.79. The van der Waals surface area contributed by atoms with Crippen molar-refractivity contribution in [3.63, 3.8) is 0 Å². The molecule has 2 N–H and O–H groups in total. The van der Waals surface area contributed by atoms with E-state index in [1.807, 2.05) is 13.0 Å². The highest BCUT2D eigenvalue weighted by Crippen LogP contribution is 2.13.